The first-order valence-corrected chi connectivity index (χ1v) is 46.3. The zero-order valence-corrected chi connectivity index (χ0v) is 71.7. The Morgan fingerprint density at radius 2 is 0.582 bits per heavy atom. The molecule has 0 amide bonds. The average molecular weight is 1580 g/mol. The molecule has 6 aliphatic rings. The van der Waals surface area contributed by atoms with Gasteiger partial charge in [-0.15, -0.1) is 0 Å². The minimum absolute atomic E-state index is 0.0673. The fraction of sp³-hybridized carbons (Fsp3) is 0.144. The van der Waals surface area contributed by atoms with Crippen LogP contribution in [0.25, 0.3) is 171 Å². The maximum absolute atomic E-state index is 5.47. The second-order valence-electron chi connectivity index (χ2n) is 37.5. The van der Waals surface area contributed by atoms with Crippen LogP contribution in [-0.4, -0.2) is 24.7 Å². The van der Waals surface area contributed by atoms with E-state index in [1.54, 1.807) is 10.4 Å². The van der Waals surface area contributed by atoms with Crippen LogP contribution in [0.15, 0.2) is 352 Å². The van der Waals surface area contributed by atoms with Crippen LogP contribution in [0.1, 0.15) is 113 Å². The molecule has 584 valence electrons. The molecule has 122 heavy (non-hydrogen) atoms. The first kappa shape index (κ1) is 72.5. The van der Waals surface area contributed by atoms with Gasteiger partial charge in [0, 0.05) is 51.3 Å². The number of fused-ring (bicyclic) bond motifs is 21. The fourth-order valence-electron chi connectivity index (χ4n) is 23.7. The predicted octanol–water partition coefficient (Wildman–Crippen LogP) is 30.0. The molecule has 1 aromatic heterocycles. The van der Waals surface area contributed by atoms with E-state index in [4.69, 9.17) is 4.98 Å². The number of benzene rings is 18. The Labute approximate surface area is 716 Å². The standard InChI is InChI=1S/C61H51NSi.C57H42N2/c1-60(2)50-20-10-8-16-42(50)44-28-24-39(35-52(44)60)38-25-30-48-49(34-38)59(40-26-29-45-43-17-9-11-21-51(43)61(3,4)53(45)36-40)47-19-7-6-18-46(47)58(48)41-27-31-57-55(37-41)62(5)54-22-12-13-23-56(54)63(57)32-14-15-33-63;1-56(2)47-22-12-10-18-39(47)41-29-26-36(33-49(41)56)35-27-31-45-46(32-35)53(37-28-30-42-40-19-11-13-23-48(40)57(3,4)50(42)34-37)43-20-8-9-21-44(43)54(45)55-58-51-24-14-15-25-52(51)59(55)38-16-6-5-7-17-38/h6-13,16-31,34-37H,14-15,32-33H2,1-5H3;5-34H,1-4H3. The molecule has 0 atom stereocenters. The van der Waals surface area contributed by atoms with Crippen molar-refractivity contribution in [3.8, 4) is 117 Å². The largest absolute Gasteiger partial charge is 0.345 e. The Hall–Kier alpha value is -13.5. The van der Waals surface area contributed by atoms with E-state index in [9.17, 15) is 0 Å². The molecule has 0 bridgehead atoms. The SMILES string of the molecule is CC1(C)c2ccccc2-c2ccc(-c3ccc4c(-c5nc6ccccc6n5-c5ccccc5)c5ccccc5c(-c5ccc6c(c5)C(C)(C)c5ccccc5-6)c4c3)cc21.CN1c2ccccc2[Si]2(CCCC2)c2ccc(-c3c4ccccc4c(-c4ccc5c(c4)C(C)(C)c4ccccc4-5)c4cc(-c5ccc6c(c5)C(C)(C)c5ccccc5-6)ccc34)cc21. The monoisotopic (exact) mass is 1580 g/mol. The van der Waals surface area contributed by atoms with E-state index < -0.39 is 8.07 Å². The lowest BCUT2D eigenvalue weighted by Gasteiger charge is -2.41. The number of aromatic nitrogens is 2. The Morgan fingerprint density at radius 3 is 1.07 bits per heavy atom. The second kappa shape index (κ2) is 26.5. The van der Waals surface area contributed by atoms with Crippen molar-refractivity contribution in [1.82, 2.24) is 9.55 Å². The lowest BCUT2D eigenvalue weighted by molar-refractivity contribution is 0.660. The third-order valence-electron chi connectivity index (χ3n) is 29.8. The van der Waals surface area contributed by atoms with Gasteiger partial charge in [-0.2, -0.15) is 0 Å². The molecule has 0 N–H and O–H groups in total. The summed E-state index contributed by atoms with van der Waals surface area (Å²) in [6.45, 7) is 19.1. The number of rotatable bonds is 7. The number of hydrogen-bond acceptors (Lipinski definition) is 2. The van der Waals surface area contributed by atoms with Gasteiger partial charge < -0.3 is 4.90 Å². The summed E-state index contributed by atoms with van der Waals surface area (Å²) in [6.07, 6.45) is 2.68. The van der Waals surface area contributed by atoms with Crippen molar-refractivity contribution in [2.75, 3.05) is 11.9 Å². The molecule has 3 heterocycles. The van der Waals surface area contributed by atoms with E-state index in [0.29, 0.717) is 0 Å². The van der Waals surface area contributed by atoms with E-state index in [-0.39, 0.29) is 21.7 Å². The highest BCUT2D eigenvalue weighted by Gasteiger charge is 2.47. The molecule has 18 aromatic carbocycles. The van der Waals surface area contributed by atoms with Gasteiger partial charge in [0.25, 0.3) is 0 Å². The molecule has 3 nitrogen and oxygen atoms in total. The first-order chi connectivity index (χ1) is 59.4. The van der Waals surface area contributed by atoms with Crippen LogP contribution in [0.2, 0.25) is 12.1 Å². The number of imidazole rings is 1. The normalized spacial score (nSPS) is 15.6. The summed E-state index contributed by atoms with van der Waals surface area (Å²) in [5, 5.41) is 13.3. The minimum atomic E-state index is -1.86. The molecule has 4 heteroatoms. The van der Waals surface area contributed by atoms with E-state index in [0.717, 1.165) is 28.1 Å². The predicted molar refractivity (Wildman–Crippen MR) is 519 cm³/mol. The van der Waals surface area contributed by atoms with Crippen LogP contribution < -0.4 is 15.3 Å². The van der Waals surface area contributed by atoms with Crippen molar-refractivity contribution >= 4 is 83.9 Å². The lowest BCUT2D eigenvalue weighted by Crippen LogP contribution is -2.61. The minimum Gasteiger partial charge on any atom is -0.345 e. The van der Waals surface area contributed by atoms with Gasteiger partial charge in [-0.05, 0) is 283 Å². The molecule has 19 aromatic rings. The number of anilines is 2. The number of hydrogen-bond donors (Lipinski definition) is 0. The zero-order chi connectivity index (χ0) is 82.0. The van der Waals surface area contributed by atoms with Crippen molar-refractivity contribution < 1.29 is 0 Å². The van der Waals surface area contributed by atoms with Crippen LogP contribution in [0.5, 0.6) is 0 Å². The maximum Gasteiger partial charge on any atom is 0.146 e. The van der Waals surface area contributed by atoms with E-state index in [1.807, 2.05) is 0 Å². The van der Waals surface area contributed by atoms with Gasteiger partial charge in [0.05, 0.1) is 11.0 Å². The summed E-state index contributed by atoms with van der Waals surface area (Å²) < 4.78 is 2.35. The van der Waals surface area contributed by atoms with E-state index in [1.165, 1.54) is 224 Å². The first-order valence-electron chi connectivity index (χ1n) is 43.9. The molecule has 0 radical (unpaired) electrons. The van der Waals surface area contributed by atoms with Gasteiger partial charge in [-0.25, -0.2) is 4.98 Å². The van der Waals surface area contributed by atoms with Crippen molar-refractivity contribution in [2.24, 2.45) is 0 Å². The molecular weight excluding hydrogens is 1490 g/mol. The van der Waals surface area contributed by atoms with Crippen molar-refractivity contribution in [3.05, 3.63) is 396 Å². The van der Waals surface area contributed by atoms with Gasteiger partial charge in [-0.1, -0.05) is 347 Å². The van der Waals surface area contributed by atoms with Crippen molar-refractivity contribution in [3.63, 3.8) is 0 Å². The smallest absolute Gasteiger partial charge is 0.146 e. The Balaban J connectivity index is 0.000000138. The Morgan fingerprint density at radius 1 is 0.254 bits per heavy atom. The molecule has 2 aliphatic heterocycles. The highest BCUT2D eigenvalue weighted by molar-refractivity contribution is 7.05. The maximum atomic E-state index is 5.47. The van der Waals surface area contributed by atoms with Crippen LogP contribution in [0.4, 0.5) is 11.4 Å². The molecule has 1 saturated heterocycles. The van der Waals surface area contributed by atoms with Gasteiger partial charge in [0.1, 0.15) is 13.9 Å². The summed E-state index contributed by atoms with van der Waals surface area (Å²) in [7, 11) is 0.443. The van der Waals surface area contributed by atoms with Crippen LogP contribution in [0.3, 0.4) is 0 Å². The Bertz CT molecular complexity index is 7720. The highest BCUT2D eigenvalue weighted by Crippen LogP contribution is 2.58. The molecule has 0 unspecified atom stereocenters. The van der Waals surface area contributed by atoms with Crippen LogP contribution >= 0.6 is 0 Å². The highest BCUT2D eigenvalue weighted by atomic mass is 28.3. The van der Waals surface area contributed by atoms with Gasteiger partial charge in [0.15, 0.2) is 0 Å². The summed E-state index contributed by atoms with van der Waals surface area (Å²) >= 11 is 0. The summed E-state index contributed by atoms with van der Waals surface area (Å²) in [6, 6.07) is 136. The molecule has 1 fully saturated rings. The van der Waals surface area contributed by atoms with Crippen molar-refractivity contribution in [1.29, 1.82) is 0 Å². The van der Waals surface area contributed by atoms with Gasteiger partial charge >= 0.3 is 0 Å². The van der Waals surface area contributed by atoms with Gasteiger partial charge in [0.2, 0.25) is 0 Å². The third kappa shape index (κ3) is 10.3. The summed E-state index contributed by atoms with van der Waals surface area (Å²) in [5.41, 5.74) is 41.4. The summed E-state index contributed by atoms with van der Waals surface area (Å²) in [5.74, 6) is 0.945. The van der Waals surface area contributed by atoms with E-state index in [2.05, 4.69) is 424 Å². The second-order valence-corrected chi connectivity index (χ2v) is 41.8. The topological polar surface area (TPSA) is 21.1 Å². The lowest BCUT2D eigenvalue weighted by atomic mass is 9.80. The summed E-state index contributed by atoms with van der Waals surface area (Å²) in [4.78, 5) is 7.97. The van der Waals surface area contributed by atoms with Crippen molar-refractivity contribution in [2.45, 2.75) is 102 Å². The third-order valence-corrected chi connectivity index (χ3v) is 35.1. The fourth-order valence-corrected chi connectivity index (χ4v) is 29.4. The molecular formula is C118H93N3Si. The zero-order valence-electron chi connectivity index (χ0n) is 70.7. The van der Waals surface area contributed by atoms with Gasteiger partial charge in [-0.3, -0.25) is 4.57 Å². The van der Waals surface area contributed by atoms with Crippen LogP contribution in [-0.2, 0) is 21.7 Å². The number of nitrogens with zero attached hydrogens (tertiary/aromatic N) is 3. The number of para-hydroxylation sites is 4. The van der Waals surface area contributed by atoms with Crippen LogP contribution in [0, 0.1) is 0 Å². The molecule has 25 rings (SSSR count). The molecule has 0 saturated carbocycles. The molecule has 1 spiro atoms. The quantitative estimate of drug-likeness (QED) is 0.117. The average Bonchev–Trinajstić information content (AvgIpc) is 0.753. The van der Waals surface area contributed by atoms with E-state index >= 15 is 0 Å². The molecule has 4 aliphatic carbocycles. The Kier molecular flexibility index (Phi) is 15.7.